The summed E-state index contributed by atoms with van der Waals surface area (Å²) >= 11 is 0. The third-order valence-corrected chi connectivity index (χ3v) is 3.65. The number of carbonyl (C=O) groups is 1. The van der Waals surface area contributed by atoms with E-state index < -0.39 is 0 Å². The van der Waals surface area contributed by atoms with Gasteiger partial charge in [-0.05, 0) is 56.7 Å². The molecule has 0 spiro atoms. The van der Waals surface area contributed by atoms with Crippen molar-refractivity contribution in [1.82, 2.24) is 9.97 Å². The van der Waals surface area contributed by atoms with Crippen molar-refractivity contribution in [2.45, 2.75) is 20.8 Å². The Bertz CT molecular complexity index is 937. The van der Waals surface area contributed by atoms with Crippen LogP contribution in [0.25, 0.3) is 0 Å². The molecule has 0 saturated carbocycles. The Hall–Kier alpha value is -3.41. The molecule has 0 fully saturated rings. The van der Waals surface area contributed by atoms with E-state index in [1.54, 1.807) is 24.3 Å². The van der Waals surface area contributed by atoms with E-state index >= 15 is 0 Å². The Morgan fingerprint density at radius 3 is 2.37 bits per heavy atom. The van der Waals surface area contributed by atoms with Crippen LogP contribution < -0.4 is 14.8 Å². The first-order valence-electron chi connectivity index (χ1n) is 8.57. The second-order valence-electron chi connectivity index (χ2n) is 6.22. The predicted molar refractivity (Wildman–Crippen MR) is 103 cm³/mol. The summed E-state index contributed by atoms with van der Waals surface area (Å²) in [7, 11) is 0. The molecular weight excluding hydrogens is 342 g/mol. The van der Waals surface area contributed by atoms with E-state index in [1.807, 2.05) is 51.1 Å². The van der Waals surface area contributed by atoms with Crippen molar-refractivity contribution >= 4 is 11.6 Å². The van der Waals surface area contributed by atoms with Crippen molar-refractivity contribution in [2.75, 3.05) is 11.9 Å². The van der Waals surface area contributed by atoms with Gasteiger partial charge in [0.05, 0.1) is 0 Å². The van der Waals surface area contributed by atoms with E-state index in [0.717, 1.165) is 17.0 Å². The second kappa shape index (κ2) is 8.31. The highest BCUT2D eigenvalue weighted by Gasteiger charge is 2.07. The third kappa shape index (κ3) is 5.54. The van der Waals surface area contributed by atoms with Gasteiger partial charge in [-0.2, -0.15) is 0 Å². The molecule has 3 aromatic rings. The number of hydrogen-bond donors (Lipinski definition) is 1. The lowest BCUT2D eigenvalue weighted by atomic mass is 10.2. The predicted octanol–water partition coefficient (Wildman–Crippen LogP) is 4.21. The first-order chi connectivity index (χ1) is 13.0. The van der Waals surface area contributed by atoms with E-state index in [-0.39, 0.29) is 18.5 Å². The molecule has 1 amide bonds. The Labute approximate surface area is 158 Å². The number of rotatable bonds is 6. The summed E-state index contributed by atoms with van der Waals surface area (Å²) in [6.07, 6.45) is 0. The van der Waals surface area contributed by atoms with Crippen LogP contribution in [0.5, 0.6) is 17.5 Å². The maximum Gasteiger partial charge on any atom is 0.322 e. The topological polar surface area (TPSA) is 73.3 Å². The Morgan fingerprint density at radius 2 is 1.63 bits per heavy atom. The summed E-state index contributed by atoms with van der Waals surface area (Å²) in [6.45, 7) is 5.66. The molecule has 6 heteroatoms. The van der Waals surface area contributed by atoms with Crippen molar-refractivity contribution in [3.63, 3.8) is 0 Å². The number of nitrogens with zero attached hydrogens (tertiary/aromatic N) is 2. The molecule has 3 rings (SSSR count). The molecule has 0 radical (unpaired) electrons. The maximum absolute atomic E-state index is 12.1. The lowest BCUT2D eigenvalue weighted by Crippen LogP contribution is -2.20. The highest BCUT2D eigenvalue weighted by atomic mass is 16.5. The van der Waals surface area contributed by atoms with Crippen LogP contribution in [-0.2, 0) is 4.79 Å². The number of amides is 1. The molecule has 0 saturated heterocycles. The summed E-state index contributed by atoms with van der Waals surface area (Å²) in [5.74, 6) is 0.947. The third-order valence-electron chi connectivity index (χ3n) is 3.65. The Kier molecular flexibility index (Phi) is 5.66. The minimum absolute atomic E-state index is 0.0747. The Balaban J connectivity index is 1.60. The van der Waals surface area contributed by atoms with Gasteiger partial charge in [-0.1, -0.05) is 18.2 Å². The zero-order valence-corrected chi connectivity index (χ0v) is 15.5. The van der Waals surface area contributed by atoms with E-state index in [2.05, 4.69) is 15.3 Å². The molecule has 1 heterocycles. The van der Waals surface area contributed by atoms with Crippen LogP contribution in [0.4, 0.5) is 5.69 Å². The molecule has 0 aliphatic rings. The van der Waals surface area contributed by atoms with E-state index in [1.165, 1.54) is 0 Å². The van der Waals surface area contributed by atoms with Gasteiger partial charge in [0.25, 0.3) is 5.91 Å². The van der Waals surface area contributed by atoms with Crippen LogP contribution in [0, 0.1) is 20.8 Å². The fourth-order valence-electron chi connectivity index (χ4n) is 2.53. The molecular formula is C21H21N3O3. The molecule has 1 N–H and O–H groups in total. The van der Waals surface area contributed by atoms with Crippen molar-refractivity contribution < 1.29 is 14.3 Å². The van der Waals surface area contributed by atoms with Crippen LogP contribution in [0.2, 0.25) is 0 Å². The lowest BCUT2D eigenvalue weighted by molar-refractivity contribution is -0.118. The highest BCUT2D eigenvalue weighted by molar-refractivity contribution is 5.92. The van der Waals surface area contributed by atoms with Gasteiger partial charge in [-0.3, -0.25) is 4.79 Å². The minimum atomic E-state index is -0.253. The summed E-state index contributed by atoms with van der Waals surface area (Å²) < 4.78 is 11.2. The molecule has 0 aliphatic carbocycles. The first kappa shape index (κ1) is 18.4. The SMILES string of the molecule is Cc1cccc(OCC(=O)Nc2cccc(Oc3nc(C)cc(C)n3)c2)c1. The maximum atomic E-state index is 12.1. The minimum Gasteiger partial charge on any atom is -0.484 e. The molecule has 6 nitrogen and oxygen atoms in total. The number of nitrogens with one attached hydrogen (secondary N) is 1. The summed E-state index contributed by atoms with van der Waals surface area (Å²) in [6, 6.07) is 16.8. The number of anilines is 1. The molecule has 0 atom stereocenters. The molecule has 0 aliphatic heterocycles. The largest absolute Gasteiger partial charge is 0.484 e. The number of aromatic nitrogens is 2. The van der Waals surface area contributed by atoms with Crippen LogP contribution >= 0.6 is 0 Å². The fourth-order valence-corrected chi connectivity index (χ4v) is 2.53. The lowest BCUT2D eigenvalue weighted by Gasteiger charge is -2.10. The van der Waals surface area contributed by atoms with Gasteiger partial charge in [0, 0.05) is 23.1 Å². The van der Waals surface area contributed by atoms with Gasteiger partial charge in [-0.25, -0.2) is 9.97 Å². The highest BCUT2D eigenvalue weighted by Crippen LogP contribution is 2.22. The number of carbonyl (C=O) groups excluding carboxylic acids is 1. The smallest absolute Gasteiger partial charge is 0.322 e. The van der Waals surface area contributed by atoms with Gasteiger partial charge < -0.3 is 14.8 Å². The first-order valence-corrected chi connectivity index (χ1v) is 8.57. The van der Waals surface area contributed by atoms with E-state index in [4.69, 9.17) is 9.47 Å². The van der Waals surface area contributed by atoms with Crippen LogP contribution in [0.3, 0.4) is 0 Å². The monoisotopic (exact) mass is 363 g/mol. The summed E-state index contributed by atoms with van der Waals surface area (Å²) in [5.41, 5.74) is 3.34. The van der Waals surface area contributed by atoms with Crippen molar-refractivity contribution in [3.8, 4) is 17.5 Å². The van der Waals surface area contributed by atoms with Gasteiger partial charge >= 0.3 is 6.01 Å². The van der Waals surface area contributed by atoms with Gasteiger partial charge in [-0.15, -0.1) is 0 Å². The molecule has 0 unspecified atom stereocenters. The molecule has 27 heavy (non-hydrogen) atoms. The van der Waals surface area contributed by atoms with Gasteiger partial charge in [0.1, 0.15) is 11.5 Å². The number of benzene rings is 2. The zero-order chi connectivity index (χ0) is 19.2. The number of aryl methyl sites for hydroxylation is 3. The fraction of sp³-hybridized carbons (Fsp3) is 0.190. The number of hydrogen-bond acceptors (Lipinski definition) is 5. The van der Waals surface area contributed by atoms with Gasteiger partial charge in [0.2, 0.25) is 0 Å². The van der Waals surface area contributed by atoms with E-state index in [9.17, 15) is 4.79 Å². The molecule has 0 bridgehead atoms. The second-order valence-corrected chi connectivity index (χ2v) is 6.22. The van der Waals surface area contributed by atoms with Crippen molar-refractivity contribution in [1.29, 1.82) is 0 Å². The van der Waals surface area contributed by atoms with Crippen LogP contribution in [-0.4, -0.2) is 22.5 Å². The number of ether oxygens (including phenoxy) is 2. The molecule has 1 aromatic heterocycles. The van der Waals surface area contributed by atoms with Crippen LogP contribution in [0.15, 0.2) is 54.6 Å². The zero-order valence-electron chi connectivity index (χ0n) is 15.5. The Morgan fingerprint density at radius 1 is 0.926 bits per heavy atom. The summed E-state index contributed by atoms with van der Waals surface area (Å²) in [4.78, 5) is 20.6. The van der Waals surface area contributed by atoms with Crippen LogP contribution in [0.1, 0.15) is 17.0 Å². The average molecular weight is 363 g/mol. The standard InChI is InChI=1S/C21H21N3O3/c1-14-6-4-8-18(10-14)26-13-20(25)24-17-7-5-9-19(12-17)27-21-22-15(2)11-16(3)23-21/h4-12H,13H2,1-3H3,(H,24,25). The molecule has 138 valence electrons. The normalized spacial score (nSPS) is 10.3. The van der Waals surface area contributed by atoms with Crippen molar-refractivity contribution in [3.05, 3.63) is 71.5 Å². The summed E-state index contributed by atoms with van der Waals surface area (Å²) in [5, 5.41) is 2.79. The quantitative estimate of drug-likeness (QED) is 0.710. The van der Waals surface area contributed by atoms with E-state index in [0.29, 0.717) is 17.2 Å². The molecule has 2 aromatic carbocycles. The van der Waals surface area contributed by atoms with Crippen molar-refractivity contribution in [2.24, 2.45) is 0 Å². The average Bonchev–Trinajstić information content (AvgIpc) is 2.59. The van der Waals surface area contributed by atoms with Gasteiger partial charge in [0.15, 0.2) is 6.61 Å².